The molecule has 0 radical (unpaired) electrons. The zero-order chi connectivity index (χ0) is 24.9. The number of anilines is 1. The second kappa shape index (κ2) is 11.3. The van der Waals surface area contributed by atoms with Crippen LogP contribution in [0, 0.1) is 6.92 Å². The first kappa shape index (κ1) is 24.5. The molecule has 1 aromatic heterocycles. The van der Waals surface area contributed by atoms with E-state index in [1.54, 1.807) is 47.4 Å². The van der Waals surface area contributed by atoms with Gasteiger partial charge in [0.1, 0.15) is 0 Å². The minimum Gasteiger partial charge on any atom is -0.349 e. The van der Waals surface area contributed by atoms with Gasteiger partial charge in [-0.25, -0.2) is 4.98 Å². The van der Waals surface area contributed by atoms with E-state index in [4.69, 9.17) is 4.98 Å². The van der Waals surface area contributed by atoms with E-state index in [9.17, 15) is 9.59 Å². The van der Waals surface area contributed by atoms with Gasteiger partial charge in [0.15, 0.2) is 4.34 Å². The first-order chi connectivity index (χ1) is 17.5. The molecule has 4 aromatic rings. The van der Waals surface area contributed by atoms with Gasteiger partial charge in [-0.05, 0) is 55.7 Å². The Morgan fingerprint density at radius 3 is 2.50 bits per heavy atom. The van der Waals surface area contributed by atoms with E-state index < -0.39 is 0 Å². The molecule has 0 unspecified atom stereocenters. The quantitative estimate of drug-likeness (QED) is 0.255. The molecule has 0 spiro atoms. The highest BCUT2D eigenvalue weighted by molar-refractivity contribution is 8.00. The number of amides is 2. The number of aryl methyl sites for hydroxylation is 1. The Hall–Kier alpha value is -3.16. The predicted octanol–water partition coefficient (Wildman–Crippen LogP) is 7.21. The third-order valence-electron chi connectivity index (χ3n) is 6.43. The third-order valence-corrected chi connectivity index (χ3v) is 8.66. The Morgan fingerprint density at radius 1 is 0.944 bits per heavy atom. The van der Waals surface area contributed by atoms with Crippen molar-refractivity contribution in [1.29, 1.82) is 0 Å². The van der Waals surface area contributed by atoms with Gasteiger partial charge in [-0.3, -0.25) is 9.59 Å². The fourth-order valence-corrected chi connectivity index (χ4v) is 6.63. The van der Waals surface area contributed by atoms with E-state index >= 15 is 0 Å². The number of hydrogen-bond donors (Lipinski definition) is 2. The molecule has 36 heavy (non-hydrogen) atoms. The van der Waals surface area contributed by atoms with Crippen molar-refractivity contribution in [1.82, 2.24) is 10.3 Å². The first-order valence-corrected chi connectivity index (χ1v) is 14.2. The molecular formula is C29H29N3O2S2. The van der Waals surface area contributed by atoms with Crippen LogP contribution >= 0.6 is 23.1 Å². The van der Waals surface area contributed by atoms with Crippen molar-refractivity contribution < 1.29 is 9.59 Å². The smallest absolute Gasteiger partial charge is 0.256 e. The number of rotatable bonds is 7. The fraction of sp³-hybridized carbons (Fsp3) is 0.276. The number of nitrogens with one attached hydrogen (secondary N) is 2. The standard InChI is InChI=1S/C29H29N3O2S2/c1-19-8-7-9-20(16-19)18-35-29-32-25-15-14-22(17-26(25)36-29)31-28(34)24-13-6-5-12-23(24)27(33)30-21-10-3-2-4-11-21/h5-9,12-17,21H,2-4,10-11,18H2,1H3,(H,30,33)(H,31,34). The van der Waals surface area contributed by atoms with Crippen LogP contribution in [-0.2, 0) is 5.75 Å². The van der Waals surface area contributed by atoms with Gasteiger partial charge >= 0.3 is 0 Å². The van der Waals surface area contributed by atoms with E-state index in [0.29, 0.717) is 16.8 Å². The molecule has 5 nitrogen and oxygen atoms in total. The van der Waals surface area contributed by atoms with Gasteiger partial charge in [-0.15, -0.1) is 11.3 Å². The summed E-state index contributed by atoms with van der Waals surface area (Å²) in [6, 6.07) is 21.4. The van der Waals surface area contributed by atoms with E-state index in [0.717, 1.165) is 46.0 Å². The number of hydrogen-bond acceptors (Lipinski definition) is 5. The van der Waals surface area contributed by atoms with Gasteiger partial charge in [0.25, 0.3) is 11.8 Å². The lowest BCUT2D eigenvalue weighted by Crippen LogP contribution is -2.37. The lowest BCUT2D eigenvalue weighted by molar-refractivity contribution is 0.0917. The molecule has 2 N–H and O–H groups in total. The van der Waals surface area contributed by atoms with Crippen LogP contribution < -0.4 is 10.6 Å². The molecule has 1 fully saturated rings. The van der Waals surface area contributed by atoms with Gasteiger partial charge in [0.05, 0.1) is 21.3 Å². The predicted molar refractivity (Wildman–Crippen MR) is 149 cm³/mol. The van der Waals surface area contributed by atoms with Crippen LogP contribution in [0.3, 0.4) is 0 Å². The summed E-state index contributed by atoms with van der Waals surface area (Å²) in [6.07, 6.45) is 5.50. The van der Waals surface area contributed by atoms with Gasteiger partial charge < -0.3 is 10.6 Å². The first-order valence-electron chi connectivity index (χ1n) is 12.4. The van der Waals surface area contributed by atoms with Crippen LogP contribution in [0.1, 0.15) is 63.9 Å². The van der Waals surface area contributed by atoms with Crippen LogP contribution in [0.4, 0.5) is 5.69 Å². The summed E-state index contributed by atoms with van der Waals surface area (Å²) >= 11 is 3.34. The van der Waals surface area contributed by atoms with Crippen molar-refractivity contribution in [3.05, 3.63) is 89.0 Å². The Bertz CT molecular complexity index is 1390. The molecule has 7 heteroatoms. The Morgan fingerprint density at radius 2 is 1.72 bits per heavy atom. The average molecular weight is 516 g/mol. The molecule has 0 aliphatic heterocycles. The maximum absolute atomic E-state index is 13.2. The summed E-state index contributed by atoms with van der Waals surface area (Å²) in [7, 11) is 0. The highest BCUT2D eigenvalue weighted by Crippen LogP contribution is 2.33. The maximum Gasteiger partial charge on any atom is 0.256 e. The van der Waals surface area contributed by atoms with Crippen LogP contribution in [0.25, 0.3) is 10.2 Å². The summed E-state index contributed by atoms with van der Waals surface area (Å²) < 4.78 is 2.02. The molecule has 184 valence electrons. The van der Waals surface area contributed by atoms with Crippen molar-refractivity contribution >= 4 is 50.8 Å². The fourth-order valence-electron chi connectivity index (χ4n) is 4.58. The zero-order valence-electron chi connectivity index (χ0n) is 20.3. The van der Waals surface area contributed by atoms with E-state index in [1.807, 2.05) is 18.2 Å². The average Bonchev–Trinajstić information content (AvgIpc) is 3.30. The number of carbonyl (C=O) groups excluding carboxylic acids is 2. The molecule has 1 aliphatic rings. The van der Waals surface area contributed by atoms with E-state index in [1.165, 1.54) is 17.5 Å². The summed E-state index contributed by atoms with van der Waals surface area (Å²) in [5.41, 5.74) is 4.92. The minimum absolute atomic E-state index is 0.180. The Kier molecular flexibility index (Phi) is 7.68. The van der Waals surface area contributed by atoms with Gasteiger partial charge in [0.2, 0.25) is 0 Å². The molecular weight excluding hydrogens is 486 g/mol. The molecule has 5 rings (SSSR count). The zero-order valence-corrected chi connectivity index (χ0v) is 21.9. The molecule has 1 aliphatic carbocycles. The number of nitrogens with zero attached hydrogens (tertiary/aromatic N) is 1. The molecule has 0 bridgehead atoms. The maximum atomic E-state index is 13.2. The van der Waals surface area contributed by atoms with Crippen LogP contribution in [-0.4, -0.2) is 22.8 Å². The molecule has 0 saturated heterocycles. The summed E-state index contributed by atoms with van der Waals surface area (Å²) in [5, 5.41) is 6.10. The number of thiazole rings is 1. The number of carbonyl (C=O) groups is 2. The van der Waals surface area contributed by atoms with E-state index in [2.05, 4.69) is 41.8 Å². The second-order valence-electron chi connectivity index (χ2n) is 9.25. The largest absolute Gasteiger partial charge is 0.349 e. The second-order valence-corrected chi connectivity index (χ2v) is 11.5. The SMILES string of the molecule is Cc1cccc(CSc2nc3ccc(NC(=O)c4ccccc4C(=O)NC4CCCCC4)cc3s2)c1. The monoisotopic (exact) mass is 515 g/mol. The van der Waals surface area contributed by atoms with Crippen molar-refractivity contribution in [2.75, 3.05) is 5.32 Å². The lowest BCUT2D eigenvalue weighted by atomic mass is 9.95. The highest BCUT2D eigenvalue weighted by Gasteiger charge is 2.21. The molecule has 2 amide bonds. The molecule has 3 aromatic carbocycles. The summed E-state index contributed by atoms with van der Waals surface area (Å²) in [6.45, 7) is 2.10. The third kappa shape index (κ3) is 5.97. The number of aromatic nitrogens is 1. The van der Waals surface area contributed by atoms with Crippen molar-refractivity contribution in [2.24, 2.45) is 0 Å². The normalized spacial score (nSPS) is 14.0. The van der Waals surface area contributed by atoms with Crippen molar-refractivity contribution in [3.63, 3.8) is 0 Å². The van der Waals surface area contributed by atoms with Crippen molar-refractivity contribution in [3.8, 4) is 0 Å². The van der Waals surface area contributed by atoms with Gasteiger partial charge in [0, 0.05) is 17.5 Å². The highest BCUT2D eigenvalue weighted by atomic mass is 32.2. The number of fused-ring (bicyclic) bond motifs is 1. The molecule has 1 saturated carbocycles. The Balaban J connectivity index is 1.27. The molecule has 1 heterocycles. The van der Waals surface area contributed by atoms with Crippen molar-refractivity contribution in [2.45, 2.75) is 55.2 Å². The lowest BCUT2D eigenvalue weighted by Gasteiger charge is -2.23. The number of thioether (sulfide) groups is 1. The summed E-state index contributed by atoms with van der Waals surface area (Å²) in [4.78, 5) is 30.8. The summed E-state index contributed by atoms with van der Waals surface area (Å²) in [5.74, 6) is 0.397. The molecule has 0 atom stereocenters. The van der Waals surface area contributed by atoms with E-state index in [-0.39, 0.29) is 17.9 Å². The minimum atomic E-state index is -0.290. The van der Waals surface area contributed by atoms with Crippen LogP contribution in [0.5, 0.6) is 0 Å². The Labute approximate surface area is 219 Å². The van der Waals surface area contributed by atoms with Crippen LogP contribution in [0.15, 0.2) is 71.1 Å². The van der Waals surface area contributed by atoms with Crippen LogP contribution in [0.2, 0.25) is 0 Å². The topological polar surface area (TPSA) is 71.1 Å². The number of benzene rings is 3. The van der Waals surface area contributed by atoms with Gasteiger partial charge in [-0.2, -0.15) is 0 Å². The van der Waals surface area contributed by atoms with Gasteiger partial charge in [-0.1, -0.05) is 73.0 Å².